The molecule has 74 heavy (non-hydrogen) atoms. The van der Waals surface area contributed by atoms with Crippen LogP contribution in [-0.4, -0.2) is 142 Å². The molecule has 2 aliphatic rings. The molecule has 4 unspecified atom stereocenters. The van der Waals surface area contributed by atoms with Gasteiger partial charge in [-0.3, -0.25) is 9.59 Å². The fourth-order valence-electron chi connectivity index (χ4n) is 8.47. The van der Waals surface area contributed by atoms with Crippen molar-refractivity contribution in [2.24, 2.45) is 0 Å². The third-order valence-electron chi connectivity index (χ3n) is 13.2. The number of hydrogen-bond acceptors (Lipinski definition) is 15. The van der Waals surface area contributed by atoms with Crippen molar-refractivity contribution in [3.63, 3.8) is 0 Å². The Morgan fingerprint density at radius 1 is 0.432 bits per heavy atom. The van der Waals surface area contributed by atoms with Gasteiger partial charge in [-0.2, -0.15) is 0 Å². The Morgan fingerprint density at radius 3 is 1.28 bits per heavy atom. The second-order valence-electron chi connectivity index (χ2n) is 19.8. The number of hydrogen-bond donors (Lipinski definition) is 7. The molecule has 0 amide bonds. The molecule has 7 N–H and O–H groups in total. The van der Waals surface area contributed by atoms with E-state index in [0.717, 1.165) is 83.5 Å². The standard InChI is InChI=1S/C59H100O15/c1-3-5-7-9-11-13-15-17-19-21-23-25-27-29-31-33-35-37-39-41-50(61)69-44-47(72-51(62)42-40-38-36-34-32-30-28-26-24-22-20-18-16-14-12-10-8-6-4-2)45-70-58-57(68)55(66)53(64)49(74-58)46-71-59-56(67)54(65)52(63)48(43-60)73-59/h11-14,17-20,23,25,29,31,47-49,52-60,63-68H,3-10,15-16,21-22,24,26-28,30,32-46H2,1-2H3/b13-11+,14-12+,19-17+,20-18+,25-23+,31-29+/t47-,48+,49+,52-,53-,54?,55?,56?,57?,58+,59+/m0/s1. The smallest absolute Gasteiger partial charge is 0.306 e. The Bertz CT molecular complexity index is 1560. The van der Waals surface area contributed by atoms with Crippen molar-refractivity contribution in [2.75, 3.05) is 26.4 Å². The molecule has 0 saturated carbocycles. The third kappa shape index (κ3) is 31.9. The summed E-state index contributed by atoms with van der Waals surface area (Å²) in [5, 5.41) is 72.3. The highest BCUT2D eigenvalue weighted by atomic mass is 16.7. The topological polar surface area (TPSA) is 231 Å². The van der Waals surface area contributed by atoms with Crippen LogP contribution in [0.4, 0.5) is 0 Å². The molecule has 426 valence electrons. The first-order valence-electron chi connectivity index (χ1n) is 28.5. The largest absolute Gasteiger partial charge is 0.462 e. The van der Waals surface area contributed by atoms with Crippen molar-refractivity contribution in [2.45, 2.75) is 261 Å². The molecule has 0 aromatic rings. The average Bonchev–Trinajstić information content (AvgIpc) is 3.39. The first-order valence-corrected chi connectivity index (χ1v) is 28.5. The average molecular weight is 1050 g/mol. The minimum atomic E-state index is -1.77. The Hall–Kier alpha value is -3.06. The van der Waals surface area contributed by atoms with Crippen LogP contribution in [0.15, 0.2) is 72.9 Å². The molecular weight excluding hydrogens is 949 g/mol. The predicted molar refractivity (Wildman–Crippen MR) is 289 cm³/mol. The number of esters is 2. The van der Waals surface area contributed by atoms with Crippen LogP contribution in [0.3, 0.4) is 0 Å². The lowest BCUT2D eigenvalue weighted by Crippen LogP contribution is -2.61. The molecule has 2 fully saturated rings. The lowest BCUT2D eigenvalue weighted by Gasteiger charge is -2.42. The second kappa shape index (κ2) is 45.0. The van der Waals surface area contributed by atoms with Gasteiger partial charge >= 0.3 is 11.9 Å². The van der Waals surface area contributed by atoms with Crippen molar-refractivity contribution >= 4 is 11.9 Å². The van der Waals surface area contributed by atoms with Gasteiger partial charge in [0.2, 0.25) is 0 Å². The van der Waals surface area contributed by atoms with E-state index in [-0.39, 0.29) is 19.4 Å². The van der Waals surface area contributed by atoms with Gasteiger partial charge in [-0.15, -0.1) is 0 Å². The molecule has 0 spiro atoms. The van der Waals surface area contributed by atoms with E-state index in [1.165, 1.54) is 70.6 Å². The molecule has 0 radical (unpaired) electrons. The van der Waals surface area contributed by atoms with Crippen LogP contribution in [0.2, 0.25) is 0 Å². The van der Waals surface area contributed by atoms with E-state index < -0.39 is 99.3 Å². The molecule has 2 rings (SSSR count). The summed E-state index contributed by atoms with van der Waals surface area (Å²) in [6.45, 7) is 2.51. The molecule has 2 aliphatic heterocycles. The number of carbonyl (C=O) groups excluding carboxylic acids is 2. The third-order valence-corrected chi connectivity index (χ3v) is 13.2. The van der Waals surface area contributed by atoms with E-state index in [2.05, 4.69) is 86.8 Å². The minimum absolute atomic E-state index is 0.150. The maximum atomic E-state index is 13.1. The summed E-state index contributed by atoms with van der Waals surface area (Å²) >= 11 is 0. The van der Waals surface area contributed by atoms with Crippen molar-refractivity contribution < 1.29 is 73.8 Å². The van der Waals surface area contributed by atoms with E-state index >= 15 is 0 Å². The highest BCUT2D eigenvalue weighted by molar-refractivity contribution is 5.70. The van der Waals surface area contributed by atoms with Crippen LogP contribution in [0, 0.1) is 0 Å². The minimum Gasteiger partial charge on any atom is -0.462 e. The first kappa shape index (κ1) is 67.1. The van der Waals surface area contributed by atoms with Crippen molar-refractivity contribution in [1.82, 2.24) is 0 Å². The molecule has 0 bridgehead atoms. The SMILES string of the molecule is CCCCC/C=C/C/C=C/C/C=C/C/C=C/CCCCCC(=O)OC[C@@H](CO[C@@H]1O[C@H](CO[C@@H]2O[C@H](CO)[C@H](O)C(O)C2O)[C@H](O)C(O)C1O)OC(=O)CCCCCCCCCCC/C=C/C/C=C/CCCCC. The summed E-state index contributed by atoms with van der Waals surface area (Å²) in [6, 6.07) is 0. The van der Waals surface area contributed by atoms with Gasteiger partial charge in [-0.1, -0.05) is 164 Å². The number of unbranched alkanes of at least 4 members (excludes halogenated alkanes) is 18. The van der Waals surface area contributed by atoms with Crippen LogP contribution < -0.4 is 0 Å². The van der Waals surface area contributed by atoms with Crippen LogP contribution in [0.1, 0.15) is 194 Å². The number of aliphatic hydroxyl groups is 7. The van der Waals surface area contributed by atoms with Gasteiger partial charge in [0, 0.05) is 12.8 Å². The quantitative estimate of drug-likeness (QED) is 0.0171. The number of rotatable bonds is 44. The summed E-state index contributed by atoms with van der Waals surface area (Å²) in [4.78, 5) is 25.9. The van der Waals surface area contributed by atoms with Crippen molar-refractivity contribution in [3.05, 3.63) is 72.9 Å². The van der Waals surface area contributed by atoms with Gasteiger partial charge in [0.1, 0.15) is 55.4 Å². The van der Waals surface area contributed by atoms with Gasteiger partial charge in [0.15, 0.2) is 18.7 Å². The Labute approximate surface area is 444 Å². The Morgan fingerprint density at radius 2 is 0.811 bits per heavy atom. The highest BCUT2D eigenvalue weighted by Crippen LogP contribution is 2.26. The monoisotopic (exact) mass is 1050 g/mol. The van der Waals surface area contributed by atoms with E-state index in [1.807, 2.05) is 0 Å². The molecule has 2 saturated heterocycles. The molecule has 0 aromatic carbocycles. The lowest BCUT2D eigenvalue weighted by atomic mass is 9.98. The summed E-state index contributed by atoms with van der Waals surface area (Å²) in [5.74, 6) is -0.968. The zero-order valence-electron chi connectivity index (χ0n) is 45.3. The molecule has 15 nitrogen and oxygen atoms in total. The summed E-state index contributed by atoms with van der Waals surface area (Å²) < 4.78 is 33.6. The number of carbonyl (C=O) groups is 2. The van der Waals surface area contributed by atoms with Crippen LogP contribution in [0.25, 0.3) is 0 Å². The molecule has 11 atom stereocenters. The summed E-state index contributed by atoms with van der Waals surface area (Å²) in [5.41, 5.74) is 0. The zero-order valence-corrected chi connectivity index (χ0v) is 45.3. The molecular formula is C59H100O15. The summed E-state index contributed by atoms with van der Waals surface area (Å²) in [7, 11) is 0. The van der Waals surface area contributed by atoms with Crippen molar-refractivity contribution in [1.29, 1.82) is 0 Å². The predicted octanol–water partition coefficient (Wildman–Crippen LogP) is 9.38. The molecule has 0 aromatic heterocycles. The van der Waals surface area contributed by atoms with Gasteiger partial charge in [-0.05, 0) is 89.9 Å². The van der Waals surface area contributed by atoms with E-state index in [9.17, 15) is 45.3 Å². The van der Waals surface area contributed by atoms with E-state index in [4.69, 9.17) is 28.4 Å². The Balaban J connectivity index is 1.79. The van der Waals surface area contributed by atoms with E-state index in [0.29, 0.717) is 12.8 Å². The Kier molecular flexibility index (Phi) is 40.8. The first-order chi connectivity index (χ1) is 36.0. The van der Waals surface area contributed by atoms with E-state index in [1.54, 1.807) is 0 Å². The zero-order chi connectivity index (χ0) is 53.9. The molecule has 2 heterocycles. The fourth-order valence-corrected chi connectivity index (χ4v) is 8.47. The number of aliphatic hydroxyl groups excluding tert-OH is 7. The lowest BCUT2D eigenvalue weighted by molar-refractivity contribution is -0.332. The van der Waals surface area contributed by atoms with Gasteiger partial charge < -0.3 is 64.2 Å². The maximum absolute atomic E-state index is 13.1. The van der Waals surface area contributed by atoms with Gasteiger partial charge in [-0.25, -0.2) is 0 Å². The summed E-state index contributed by atoms with van der Waals surface area (Å²) in [6.07, 6.45) is 37.7. The van der Waals surface area contributed by atoms with Crippen LogP contribution in [0.5, 0.6) is 0 Å². The number of allylic oxidation sites excluding steroid dienone is 12. The van der Waals surface area contributed by atoms with Crippen LogP contribution >= 0.6 is 0 Å². The molecule has 0 aliphatic carbocycles. The normalized spacial score (nSPS) is 25.2. The maximum Gasteiger partial charge on any atom is 0.306 e. The number of ether oxygens (including phenoxy) is 6. The van der Waals surface area contributed by atoms with Crippen LogP contribution in [-0.2, 0) is 38.0 Å². The van der Waals surface area contributed by atoms with Gasteiger partial charge in [0.05, 0.1) is 19.8 Å². The fraction of sp³-hybridized carbons (Fsp3) is 0.763. The van der Waals surface area contributed by atoms with Gasteiger partial charge in [0.25, 0.3) is 0 Å². The molecule has 15 heteroatoms. The highest BCUT2D eigenvalue weighted by Gasteiger charge is 2.47. The second-order valence-corrected chi connectivity index (χ2v) is 19.8. The van der Waals surface area contributed by atoms with Crippen molar-refractivity contribution in [3.8, 4) is 0 Å².